The molecule has 0 unspecified atom stereocenters. The Bertz CT molecular complexity index is 824. The van der Waals surface area contributed by atoms with E-state index >= 15 is 0 Å². The normalized spacial score (nSPS) is 17.0. The molecule has 1 amide bonds. The molecule has 0 bridgehead atoms. The molecule has 1 N–H and O–H groups in total. The predicted molar refractivity (Wildman–Crippen MR) is 99.4 cm³/mol. The summed E-state index contributed by atoms with van der Waals surface area (Å²) >= 11 is 0. The Morgan fingerprint density at radius 2 is 1.86 bits per heavy atom. The van der Waals surface area contributed by atoms with Crippen LogP contribution >= 0.6 is 0 Å². The molecule has 0 aliphatic carbocycles. The van der Waals surface area contributed by atoms with Crippen molar-refractivity contribution in [2.75, 3.05) is 6.54 Å². The molecule has 8 heteroatoms. The van der Waals surface area contributed by atoms with Crippen LogP contribution in [0.1, 0.15) is 30.4 Å². The largest absolute Gasteiger partial charge is 0.573 e. The first-order valence-corrected chi connectivity index (χ1v) is 9.39. The van der Waals surface area contributed by atoms with Gasteiger partial charge in [0.15, 0.2) is 0 Å². The molecular weight excluding hydrogens is 388 g/mol. The van der Waals surface area contributed by atoms with Crippen molar-refractivity contribution in [3.63, 3.8) is 0 Å². The van der Waals surface area contributed by atoms with Crippen molar-refractivity contribution >= 4 is 5.91 Å². The molecule has 29 heavy (non-hydrogen) atoms. The van der Waals surface area contributed by atoms with Crippen molar-refractivity contribution in [2.45, 2.75) is 44.8 Å². The molecular formula is C21H22F4N2O2. The Labute approximate surface area is 166 Å². The van der Waals surface area contributed by atoms with Crippen LogP contribution in [0.15, 0.2) is 48.5 Å². The van der Waals surface area contributed by atoms with Crippen molar-refractivity contribution in [1.29, 1.82) is 0 Å². The Morgan fingerprint density at radius 3 is 2.59 bits per heavy atom. The number of benzene rings is 2. The maximum Gasteiger partial charge on any atom is 0.573 e. The lowest BCUT2D eigenvalue weighted by molar-refractivity contribution is -0.274. The minimum absolute atomic E-state index is 0.00400. The Balaban J connectivity index is 1.52. The van der Waals surface area contributed by atoms with Gasteiger partial charge < -0.3 is 15.0 Å². The van der Waals surface area contributed by atoms with Crippen LogP contribution in [0.2, 0.25) is 0 Å². The highest BCUT2D eigenvalue weighted by Gasteiger charge is 2.32. The maximum atomic E-state index is 12.9. The van der Waals surface area contributed by atoms with Crippen molar-refractivity contribution < 1.29 is 27.1 Å². The van der Waals surface area contributed by atoms with E-state index in [2.05, 4.69) is 10.1 Å². The van der Waals surface area contributed by atoms with Crippen LogP contribution in [0.4, 0.5) is 17.6 Å². The summed E-state index contributed by atoms with van der Waals surface area (Å²) in [5.41, 5.74) is 1.55. The summed E-state index contributed by atoms with van der Waals surface area (Å²) in [7, 11) is 0. The SMILES string of the molecule is O=C1CC[C@@H](CCNCc2ccc(F)cc2)N1Cc1cccc(OC(F)(F)F)c1. The van der Waals surface area contributed by atoms with Gasteiger partial charge in [0.25, 0.3) is 0 Å². The number of hydrogen-bond donors (Lipinski definition) is 1. The van der Waals surface area contributed by atoms with E-state index in [9.17, 15) is 22.4 Å². The Kier molecular flexibility index (Phi) is 6.74. The van der Waals surface area contributed by atoms with Crippen LogP contribution in [0.5, 0.6) is 5.75 Å². The second-order valence-corrected chi connectivity index (χ2v) is 7.00. The highest BCUT2D eigenvalue weighted by molar-refractivity contribution is 5.78. The fourth-order valence-electron chi connectivity index (χ4n) is 3.45. The third-order valence-electron chi connectivity index (χ3n) is 4.83. The first kappa shape index (κ1) is 21.1. The third-order valence-corrected chi connectivity index (χ3v) is 4.83. The van der Waals surface area contributed by atoms with Crippen LogP contribution in [0.3, 0.4) is 0 Å². The van der Waals surface area contributed by atoms with Crippen molar-refractivity contribution in [3.8, 4) is 5.75 Å². The fraction of sp³-hybridized carbons (Fsp3) is 0.381. The molecule has 4 nitrogen and oxygen atoms in total. The van der Waals surface area contributed by atoms with Gasteiger partial charge in [0, 0.05) is 25.6 Å². The second-order valence-electron chi connectivity index (χ2n) is 7.00. The summed E-state index contributed by atoms with van der Waals surface area (Å²) in [6, 6.07) is 12.0. The first-order valence-electron chi connectivity index (χ1n) is 9.39. The molecule has 0 radical (unpaired) electrons. The summed E-state index contributed by atoms with van der Waals surface area (Å²) in [5.74, 6) is -0.576. The van der Waals surface area contributed by atoms with Crippen molar-refractivity contribution in [3.05, 3.63) is 65.5 Å². The highest BCUT2D eigenvalue weighted by Crippen LogP contribution is 2.27. The predicted octanol–water partition coefficient (Wildman–Crippen LogP) is 4.40. The molecule has 156 valence electrons. The summed E-state index contributed by atoms with van der Waals surface area (Å²) in [6.07, 6.45) is -2.87. The van der Waals surface area contributed by atoms with Crippen LogP contribution in [0, 0.1) is 5.82 Å². The van der Waals surface area contributed by atoms with Gasteiger partial charge >= 0.3 is 6.36 Å². The van der Waals surface area contributed by atoms with Crippen molar-refractivity contribution in [1.82, 2.24) is 10.2 Å². The minimum atomic E-state index is -4.75. The van der Waals surface area contributed by atoms with Gasteiger partial charge in [-0.3, -0.25) is 4.79 Å². The molecule has 2 aromatic carbocycles. The second kappa shape index (κ2) is 9.26. The number of carbonyl (C=O) groups is 1. The molecule has 0 saturated carbocycles. The molecule has 1 aliphatic rings. The number of carbonyl (C=O) groups excluding carboxylic acids is 1. The average molecular weight is 410 g/mol. The summed E-state index contributed by atoms with van der Waals surface area (Å²) in [6.45, 7) is 1.51. The van der Waals surface area contributed by atoms with Crippen LogP contribution in [-0.2, 0) is 17.9 Å². The zero-order valence-electron chi connectivity index (χ0n) is 15.7. The van der Waals surface area contributed by atoms with Gasteiger partial charge in [-0.2, -0.15) is 0 Å². The molecule has 3 rings (SSSR count). The topological polar surface area (TPSA) is 41.6 Å². The number of alkyl halides is 3. The lowest BCUT2D eigenvalue weighted by Crippen LogP contribution is -2.34. The zero-order chi connectivity index (χ0) is 20.9. The van der Waals surface area contributed by atoms with Gasteiger partial charge in [0.1, 0.15) is 11.6 Å². The van der Waals surface area contributed by atoms with E-state index in [1.807, 2.05) is 0 Å². The number of nitrogens with zero attached hydrogens (tertiary/aromatic N) is 1. The van der Waals surface area contributed by atoms with Gasteiger partial charge in [-0.1, -0.05) is 24.3 Å². The molecule has 2 aromatic rings. The maximum absolute atomic E-state index is 12.9. The summed E-state index contributed by atoms with van der Waals surface area (Å²) < 4.78 is 54.1. The van der Waals surface area contributed by atoms with E-state index < -0.39 is 6.36 Å². The number of halogens is 4. The van der Waals surface area contributed by atoms with Crippen LogP contribution < -0.4 is 10.1 Å². The molecule has 0 aromatic heterocycles. The average Bonchev–Trinajstić information content (AvgIpc) is 2.99. The van der Waals surface area contributed by atoms with E-state index in [0.717, 1.165) is 18.4 Å². The van der Waals surface area contributed by atoms with E-state index in [4.69, 9.17) is 0 Å². The number of likely N-dealkylation sites (tertiary alicyclic amines) is 1. The van der Waals surface area contributed by atoms with Gasteiger partial charge in [0.05, 0.1) is 0 Å². The Hall–Kier alpha value is -2.61. The number of nitrogens with one attached hydrogen (secondary N) is 1. The van der Waals surface area contributed by atoms with Gasteiger partial charge in [-0.05, 0) is 54.8 Å². The van der Waals surface area contributed by atoms with Gasteiger partial charge in [-0.15, -0.1) is 13.2 Å². The molecule has 1 aliphatic heterocycles. The smallest absolute Gasteiger partial charge is 0.406 e. The molecule has 1 heterocycles. The van der Waals surface area contributed by atoms with E-state index in [0.29, 0.717) is 25.1 Å². The highest BCUT2D eigenvalue weighted by atomic mass is 19.4. The molecule has 1 saturated heterocycles. The summed E-state index contributed by atoms with van der Waals surface area (Å²) in [4.78, 5) is 14.0. The zero-order valence-corrected chi connectivity index (χ0v) is 15.7. The van der Waals surface area contributed by atoms with E-state index in [1.54, 1.807) is 23.1 Å². The molecule has 1 atom stereocenters. The lowest BCUT2D eigenvalue weighted by atomic mass is 10.1. The molecule has 0 spiro atoms. The fourth-order valence-corrected chi connectivity index (χ4v) is 3.45. The van der Waals surface area contributed by atoms with Crippen LogP contribution in [-0.4, -0.2) is 29.8 Å². The monoisotopic (exact) mass is 410 g/mol. The number of hydrogen-bond acceptors (Lipinski definition) is 3. The quantitative estimate of drug-likeness (QED) is 0.518. The van der Waals surface area contributed by atoms with E-state index in [-0.39, 0.29) is 30.1 Å². The number of amides is 1. The standard InChI is InChI=1S/C21H22F4N2O2/c22-17-6-4-15(5-7-17)13-26-11-10-18-8-9-20(28)27(18)14-16-2-1-3-19(12-16)29-21(23,24)25/h1-7,12,18,26H,8-11,13-14H2/t18-/m0/s1. The third kappa shape index (κ3) is 6.45. The minimum Gasteiger partial charge on any atom is -0.406 e. The first-order chi connectivity index (χ1) is 13.8. The lowest BCUT2D eigenvalue weighted by Gasteiger charge is -2.25. The number of ether oxygens (including phenoxy) is 1. The van der Waals surface area contributed by atoms with Gasteiger partial charge in [-0.25, -0.2) is 4.39 Å². The number of rotatable bonds is 8. The summed E-state index contributed by atoms with van der Waals surface area (Å²) in [5, 5.41) is 3.28. The van der Waals surface area contributed by atoms with Gasteiger partial charge in [0.2, 0.25) is 5.91 Å². The molecule has 1 fully saturated rings. The Morgan fingerprint density at radius 1 is 1.10 bits per heavy atom. The van der Waals surface area contributed by atoms with Crippen LogP contribution in [0.25, 0.3) is 0 Å². The van der Waals surface area contributed by atoms with Crippen molar-refractivity contribution in [2.24, 2.45) is 0 Å². The van der Waals surface area contributed by atoms with E-state index in [1.165, 1.54) is 30.3 Å².